The van der Waals surface area contributed by atoms with Crippen molar-refractivity contribution in [2.45, 2.75) is 26.2 Å². The maximum absolute atomic E-state index is 5.15. The van der Waals surface area contributed by atoms with E-state index in [1.807, 2.05) is 6.92 Å². The molecule has 0 spiro atoms. The largest absolute Gasteiger partial charge is 0.339 e. The van der Waals surface area contributed by atoms with Crippen LogP contribution in [0.25, 0.3) is 0 Å². The second kappa shape index (κ2) is 3.46. The number of aromatic nitrogens is 2. The summed E-state index contributed by atoms with van der Waals surface area (Å²) in [4.78, 5) is 4.25. The van der Waals surface area contributed by atoms with Gasteiger partial charge in [0.15, 0.2) is 5.82 Å². The molecule has 1 unspecified atom stereocenters. The molecule has 13 heavy (non-hydrogen) atoms. The monoisotopic (exact) mass is 181 g/mol. The molecule has 1 saturated heterocycles. The van der Waals surface area contributed by atoms with E-state index in [1.54, 1.807) is 0 Å². The molecule has 4 heteroatoms. The number of piperidine rings is 1. The maximum atomic E-state index is 5.15. The molecular formula is C9H15N3O. The van der Waals surface area contributed by atoms with Gasteiger partial charge >= 0.3 is 0 Å². The van der Waals surface area contributed by atoms with Crippen LogP contribution >= 0.6 is 0 Å². The number of hydrogen-bond donors (Lipinski definition) is 1. The van der Waals surface area contributed by atoms with Gasteiger partial charge in [0, 0.05) is 6.54 Å². The third-order valence-electron chi connectivity index (χ3n) is 2.46. The average Bonchev–Trinajstić information content (AvgIpc) is 2.52. The van der Waals surface area contributed by atoms with Crippen molar-refractivity contribution in [3.05, 3.63) is 11.7 Å². The molecule has 1 aliphatic heterocycles. The Bertz CT molecular complexity index is 284. The van der Waals surface area contributed by atoms with Crippen molar-refractivity contribution in [2.24, 2.45) is 5.92 Å². The van der Waals surface area contributed by atoms with Gasteiger partial charge in [-0.3, -0.25) is 0 Å². The van der Waals surface area contributed by atoms with Crippen LogP contribution in [0, 0.1) is 12.8 Å². The Morgan fingerprint density at radius 2 is 2.31 bits per heavy atom. The Labute approximate surface area is 77.7 Å². The van der Waals surface area contributed by atoms with Gasteiger partial charge in [-0.15, -0.1) is 0 Å². The van der Waals surface area contributed by atoms with E-state index in [0.717, 1.165) is 31.2 Å². The van der Waals surface area contributed by atoms with E-state index in [0.29, 0.717) is 11.8 Å². The predicted octanol–water partition coefficient (Wildman–Crippen LogP) is 1.09. The fraction of sp³-hybridized carbons (Fsp3) is 0.778. The van der Waals surface area contributed by atoms with Gasteiger partial charge in [-0.2, -0.15) is 4.98 Å². The van der Waals surface area contributed by atoms with Crippen LogP contribution in [-0.4, -0.2) is 23.2 Å². The molecule has 1 aromatic rings. The first-order chi connectivity index (χ1) is 6.25. The summed E-state index contributed by atoms with van der Waals surface area (Å²) in [6.45, 7) is 6.16. The standard InChI is InChI=1S/C9H15N3O/c1-6-3-8(5-10-4-6)9-11-7(2)12-13-9/h6,8,10H,3-5H2,1-2H3/t6-,8?/m0/s1. The summed E-state index contributed by atoms with van der Waals surface area (Å²) in [5.74, 6) is 2.63. The normalized spacial score (nSPS) is 29.1. The van der Waals surface area contributed by atoms with Crippen LogP contribution in [0.4, 0.5) is 0 Å². The lowest BCUT2D eigenvalue weighted by molar-refractivity contribution is 0.288. The lowest BCUT2D eigenvalue weighted by Gasteiger charge is -2.24. The molecule has 4 nitrogen and oxygen atoms in total. The molecule has 2 heterocycles. The van der Waals surface area contributed by atoms with Crippen LogP contribution in [-0.2, 0) is 0 Å². The van der Waals surface area contributed by atoms with Crippen LogP contribution < -0.4 is 5.32 Å². The van der Waals surface area contributed by atoms with Crippen molar-refractivity contribution < 1.29 is 4.52 Å². The molecular weight excluding hydrogens is 166 g/mol. The smallest absolute Gasteiger partial charge is 0.231 e. The SMILES string of the molecule is Cc1noc(C2CNC[C@@H](C)C2)n1. The first-order valence-electron chi connectivity index (χ1n) is 4.76. The van der Waals surface area contributed by atoms with E-state index >= 15 is 0 Å². The molecule has 2 atom stereocenters. The number of nitrogens with zero attached hydrogens (tertiary/aromatic N) is 2. The van der Waals surface area contributed by atoms with E-state index in [4.69, 9.17) is 4.52 Å². The highest BCUT2D eigenvalue weighted by Crippen LogP contribution is 2.24. The van der Waals surface area contributed by atoms with Crippen molar-refractivity contribution >= 4 is 0 Å². The fourth-order valence-electron chi connectivity index (χ4n) is 1.82. The molecule has 0 amide bonds. The molecule has 1 aromatic heterocycles. The Balaban J connectivity index is 2.08. The summed E-state index contributed by atoms with van der Waals surface area (Å²) in [6.07, 6.45) is 1.15. The molecule has 0 aliphatic carbocycles. The third kappa shape index (κ3) is 1.88. The van der Waals surface area contributed by atoms with Crippen LogP contribution in [0.3, 0.4) is 0 Å². The number of rotatable bonds is 1. The minimum atomic E-state index is 0.407. The van der Waals surface area contributed by atoms with Crippen molar-refractivity contribution in [1.29, 1.82) is 0 Å². The summed E-state index contributed by atoms with van der Waals surface area (Å²) in [7, 11) is 0. The Kier molecular flexibility index (Phi) is 2.31. The summed E-state index contributed by atoms with van der Waals surface area (Å²) >= 11 is 0. The number of nitrogens with one attached hydrogen (secondary N) is 1. The van der Waals surface area contributed by atoms with Crippen LogP contribution in [0.2, 0.25) is 0 Å². The summed E-state index contributed by atoms with van der Waals surface area (Å²) < 4.78 is 5.15. The van der Waals surface area contributed by atoms with Gasteiger partial charge in [0.2, 0.25) is 5.89 Å². The molecule has 0 radical (unpaired) electrons. The molecule has 0 aromatic carbocycles. The first-order valence-corrected chi connectivity index (χ1v) is 4.76. The average molecular weight is 181 g/mol. The summed E-state index contributed by atoms with van der Waals surface area (Å²) in [6, 6.07) is 0. The zero-order valence-electron chi connectivity index (χ0n) is 8.08. The van der Waals surface area contributed by atoms with Gasteiger partial charge in [-0.05, 0) is 25.8 Å². The molecule has 0 bridgehead atoms. The van der Waals surface area contributed by atoms with E-state index in [9.17, 15) is 0 Å². The van der Waals surface area contributed by atoms with Gasteiger partial charge < -0.3 is 9.84 Å². The Morgan fingerprint density at radius 1 is 1.46 bits per heavy atom. The Morgan fingerprint density at radius 3 is 2.92 bits per heavy atom. The second-order valence-electron chi connectivity index (χ2n) is 3.88. The molecule has 2 rings (SSSR count). The van der Waals surface area contributed by atoms with Gasteiger partial charge in [0.1, 0.15) is 0 Å². The van der Waals surface area contributed by atoms with Crippen molar-refractivity contribution in [1.82, 2.24) is 15.5 Å². The summed E-state index contributed by atoms with van der Waals surface area (Å²) in [5.41, 5.74) is 0. The molecule has 0 saturated carbocycles. The van der Waals surface area contributed by atoms with E-state index < -0.39 is 0 Å². The number of hydrogen-bond acceptors (Lipinski definition) is 4. The molecule has 1 fully saturated rings. The topological polar surface area (TPSA) is 51.0 Å². The number of aryl methyl sites for hydroxylation is 1. The molecule has 1 aliphatic rings. The zero-order chi connectivity index (χ0) is 9.26. The van der Waals surface area contributed by atoms with Gasteiger partial charge in [0.05, 0.1) is 5.92 Å². The van der Waals surface area contributed by atoms with Gasteiger partial charge in [-0.1, -0.05) is 12.1 Å². The van der Waals surface area contributed by atoms with E-state index in [-0.39, 0.29) is 0 Å². The minimum Gasteiger partial charge on any atom is -0.339 e. The third-order valence-corrected chi connectivity index (χ3v) is 2.46. The van der Waals surface area contributed by atoms with Crippen molar-refractivity contribution in [2.75, 3.05) is 13.1 Å². The molecule has 1 N–H and O–H groups in total. The van der Waals surface area contributed by atoms with E-state index in [1.165, 1.54) is 0 Å². The zero-order valence-corrected chi connectivity index (χ0v) is 8.08. The highest BCUT2D eigenvalue weighted by Gasteiger charge is 2.24. The Hall–Kier alpha value is -0.900. The maximum Gasteiger partial charge on any atom is 0.231 e. The van der Waals surface area contributed by atoms with Crippen LogP contribution in [0.15, 0.2) is 4.52 Å². The molecule has 72 valence electrons. The highest BCUT2D eigenvalue weighted by molar-refractivity contribution is 4.96. The highest BCUT2D eigenvalue weighted by atomic mass is 16.5. The lowest BCUT2D eigenvalue weighted by atomic mass is 9.92. The summed E-state index contributed by atoms with van der Waals surface area (Å²) in [5, 5.41) is 7.17. The first kappa shape index (κ1) is 8.69. The van der Waals surface area contributed by atoms with Crippen LogP contribution in [0.1, 0.15) is 31.0 Å². The predicted molar refractivity (Wildman–Crippen MR) is 48.4 cm³/mol. The van der Waals surface area contributed by atoms with Gasteiger partial charge in [0.25, 0.3) is 0 Å². The second-order valence-corrected chi connectivity index (χ2v) is 3.88. The van der Waals surface area contributed by atoms with Crippen molar-refractivity contribution in [3.63, 3.8) is 0 Å². The van der Waals surface area contributed by atoms with Crippen molar-refractivity contribution in [3.8, 4) is 0 Å². The lowest BCUT2D eigenvalue weighted by Crippen LogP contribution is -2.33. The van der Waals surface area contributed by atoms with E-state index in [2.05, 4.69) is 22.4 Å². The fourth-order valence-corrected chi connectivity index (χ4v) is 1.82. The van der Waals surface area contributed by atoms with Gasteiger partial charge in [-0.25, -0.2) is 0 Å². The minimum absolute atomic E-state index is 0.407. The quantitative estimate of drug-likeness (QED) is 0.704. The van der Waals surface area contributed by atoms with Crippen LogP contribution in [0.5, 0.6) is 0 Å².